The zero-order valence-electron chi connectivity index (χ0n) is 19.3. The summed E-state index contributed by atoms with van der Waals surface area (Å²) in [5.41, 5.74) is 0.248. The van der Waals surface area contributed by atoms with Crippen LogP contribution in [-0.4, -0.2) is 24.4 Å². The second-order valence-electron chi connectivity index (χ2n) is 13.0. The summed E-state index contributed by atoms with van der Waals surface area (Å²) in [5.74, 6) is 4.03. The first kappa shape index (κ1) is 20.8. The summed E-state index contributed by atoms with van der Waals surface area (Å²) in [6.07, 6.45) is 13.1. The van der Waals surface area contributed by atoms with Gasteiger partial charge in [0.25, 0.3) is 0 Å². The van der Waals surface area contributed by atoms with Crippen LogP contribution in [0.25, 0.3) is 0 Å². The van der Waals surface area contributed by atoms with Crippen LogP contribution < -0.4 is 10.6 Å². The molecule has 4 heteroatoms. The molecule has 0 aromatic rings. The highest BCUT2D eigenvalue weighted by Gasteiger charge is 2.47. The Balaban J connectivity index is 1.18. The molecule has 168 valence electrons. The van der Waals surface area contributed by atoms with Gasteiger partial charge in [0.15, 0.2) is 0 Å². The first-order valence-corrected chi connectivity index (χ1v) is 12.8. The second kappa shape index (κ2) is 7.52. The normalized spacial score (nSPS) is 46.2. The lowest BCUT2D eigenvalue weighted by Gasteiger charge is -2.47. The zero-order chi connectivity index (χ0) is 21.1. The van der Waals surface area contributed by atoms with Crippen molar-refractivity contribution in [3.05, 3.63) is 0 Å². The van der Waals surface area contributed by atoms with Gasteiger partial charge in [-0.15, -0.1) is 0 Å². The molecule has 5 rings (SSSR count). The summed E-state index contributed by atoms with van der Waals surface area (Å²) < 4.78 is 0. The topological polar surface area (TPSA) is 58.2 Å². The van der Waals surface area contributed by atoms with Crippen LogP contribution in [-0.2, 0) is 9.59 Å². The molecular formula is C26H42N2O2. The third kappa shape index (κ3) is 4.05. The van der Waals surface area contributed by atoms with Crippen LogP contribution in [0.4, 0.5) is 0 Å². The fourth-order valence-electron chi connectivity index (χ4n) is 8.74. The van der Waals surface area contributed by atoms with E-state index in [2.05, 4.69) is 31.4 Å². The van der Waals surface area contributed by atoms with Crippen LogP contribution in [0.5, 0.6) is 0 Å². The molecule has 2 amide bonds. The Labute approximate surface area is 182 Å². The maximum atomic E-state index is 13.1. The fourth-order valence-corrected chi connectivity index (χ4v) is 8.74. The molecule has 4 bridgehead atoms. The first-order chi connectivity index (χ1) is 14.2. The van der Waals surface area contributed by atoms with Gasteiger partial charge in [-0.2, -0.15) is 0 Å². The van der Waals surface area contributed by atoms with Crippen LogP contribution in [0.1, 0.15) is 91.4 Å². The van der Waals surface area contributed by atoms with E-state index in [0.717, 1.165) is 50.5 Å². The lowest BCUT2D eigenvalue weighted by Crippen LogP contribution is -2.52. The molecule has 2 N–H and O–H groups in total. The van der Waals surface area contributed by atoms with E-state index < -0.39 is 0 Å². The number of hydrogen-bond acceptors (Lipinski definition) is 2. The van der Waals surface area contributed by atoms with Crippen LogP contribution in [0.15, 0.2) is 0 Å². The van der Waals surface area contributed by atoms with Crippen LogP contribution in [0, 0.1) is 46.3 Å². The molecular weight excluding hydrogens is 372 g/mol. The minimum Gasteiger partial charge on any atom is -0.355 e. The Bertz CT molecular complexity index is 703. The largest absolute Gasteiger partial charge is 0.355 e. The number of amides is 2. The predicted molar refractivity (Wildman–Crippen MR) is 119 cm³/mol. The Morgan fingerprint density at radius 3 is 1.93 bits per heavy atom. The SMILES string of the molecule is CC1(C)C[C@H](NC(=O)[C@H]2C[C@@H]3CC[C@@H]2C3)C[C@@](C)(CNC(=O)[C@@H]2C[C@@H]3CC[C@@H]2C3)C1. The van der Waals surface area contributed by atoms with Crippen molar-refractivity contribution in [1.82, 2.24) is 10.6 Å². The average Bonchev–Trinajstić information content (AvgIpc) is 3.45. The van der Waals surface area contributed by atoms with Crippen molar-refractivity contribution in [2.45, 2.75) is 97.4 Å². The molecule has 8 atom stereocenters. The number of carbonyl (C=O) groups excluding carboxylic acids is 2. The predicted octanol–water partition coefficient (Wildman–Crippen LogP) is 4.68. The minimum absolute atomic E-state index is 0.0572. The lowest BCUT2D eigenvalue weighted by molar-refractivity contribution is -0.129. The van der Waals surface area contributed by atoms with E-state index in [1.807, 2.05) is 0 Å². The van der Waals surface area contributed by atoms with E-state index in [-0.39, 0.29) is 28.7 Å². The maximum Gasteiger partial charge on any atom is 0.223 e. The maximum absolute atomic E-state index is 13.1. The average molecular weight is 415 g/mol. The highest BCUT2D eigenvalue weighted by atomic mass is 16.2. The van der Waals surface area contributed by atoms with E-state index in [9.17, 15) is 9.59 Å². The minimum atomic E-state index is 0.0572. The van der Waals surface area contributed by atoms with Crippen molar-refractivity contribution in [3.8, 4) is 0 Å². The van der Waals surface area contributed by atoms with Gasteiger partial charge < -0.3 is 10.6 Å². The van der Waals surface area contributed by atoms with Gasteiger partial charge in [0.05, 0.1) is 0 Å². The van der Waals surface area contributed by atoms with Crippen molar-refractivity contribution in [2.75, 3.05) is 6.54 Å². The van der Waals surface area contributed by atoms with E-state index in [1.165, 1.54) is 38.5 Å². The molecule has 5 fully saturated rings. The summed E-state index contributed by atoms with van der Waals surface area (Å²) in [4.78, 5) is 26.0. The summed E-state index contributed by atoms with van der Waals surface area (Å²) >= 11 is 0. The van der Waals surface area contributed by atoms with Crippen molar-refractivity contribution < 1.29 is 9.59 Å². The monoisotopic (exact) mass is 414 g/mol. The number of carbonyl (C=O) groups is 2. The van der Waals surface area contributed by atoms with Gasteiger partial charge in [0.1, 0.15) is 0 Å². The lowest BCUT2D eigenvalue weighted by atomic mass is 9.62. The zero-order valence-corrected chi connectivity index (χ0v) is 19.3. The summed E-state index contributed by atoms with van der Waals surface area (Å²) in [5, 5.41) is 6.83. The second-order valence-corrected chi connectivity index (χ2v) is 13.0. The Morgan fingerprint density at radius 2 is 1.40 bits per heavy atom. The molecule has 5 saturated carbocycles. The van der Waals surface area contributed by atoms with Gasteiger partial charge >= 0.3 is 0 Å². The number of rotatable bonds is 5. The molecule has 5 aliphatic carbocycles. The summed E-state index contributed by atoms with van der Waals surface area (Å²) in [6.45, 7) is 7.74. The van der Waals surface area contributed by atoms with Gasteiger partial charge in [0, 0.05) is 24.4 Å². The first-order valence-electron chi connectivity index (χ1n) is 12.8. The van der Waals surface area contributed by atoms with Crippen LogP contribution in [0.3, 0.4) is 0 Å². The Morgan fingerprint density at radius 1 is 0.800 bits per heavy atom. The summed E-state index contributed by atoms with van der Waals surface area (Å²) in [6, 6.07) is 0.241. The van der Waals surface area contributed by atoms with Gasteiger partial charge in [0.2, 0.25) is 11.8 Å². The van der Waals surface area contributed by atoms with E-state index in [0.29, 0.717) is 23.7 Å². The van der Waals surface area contributed by atoms with Crippen molar-refractivity contribution >= 4 is 11.8 Å². The molecule has 0 saturated heterocycles. The van der Waals surface area contributed by atoms with E-state index in [1.54, 1.807) is 0 Å². The molecule has 0 radical (unpaired) electrons. The van der Waals surface area contributed by atoms with Crippen molar-refractivity contribution in [3.63, 3.8) is 0 Å². The molecule has 0 aromatic carbocycles. The number of nitrogens with one attached hydrogen (secondary N) is 2. The van der Waals surface area contributed by atoms with Crippen molar-refractivity contribution in [2.24, 2.45) is 46.3 Å². The third-order valence-electron chi connectivity index (χ3n) is 9.63. The molecule has 30 heavy (non-hydrogen) atoms. The van der Waals surface area contributed by atoms with Gasteiger partial charge in [-0.1, -0.05) is 33.6 Å². The van der Waals surface area contributed by atoms with E-state index >= 15 is 0 Å². The van der Waals surface area contributed by atoms with Crippen LogP contribution >= 0.6 is 0 Å². The standard InChI is InChI=1S/C26H42N2O2/c1-25(2)12-20(28-24(30)22-11-17-5-7-19(22)9-17)13-26(3,14-25)15-27-23(29)21-10-16-4-6-18(21)8-16/h16-22H,4-15H2,1-3H3,(H,27,29)(H,28,30)/t16-,17-,18-,19-,20+,21-,22+,26-/m1/s1. The highest BCUT2D eigenvalue weighted by molar-refractivity contribution is 5.80. The van der Waals surface area contributed by atoms with Crippen molar-refractivity contribution in [1.29, 1.82) is 0 Å². The Kier molecular flexibility index (Phi) is 5.22. The third-order valence-corrected chi connectivity index (χ3v) is 9.63. The molecule has 0 heterocycles. The molecule has 0 aromatic heterocycles. The molecule has 5 aliphatic rings. The Hall–Kier alpha value is -1.06. The van der Waals surface area contributed by atoms with E-state index in [4.69, 9.17) is 0 Å². The van der Waals surface area contributed by atoms with Gasteiger partial charge in [-0.05, 0) is 92.3 Å². The smallest absolute Gasteiger partial charge is 0.223 e. The van der Waals surface area contributed by atoms with Crippen LogP contribution in [0.2, 0.25) is 0 Å². The molecule has 0 spiro atoms. The molecule has 4 nitrogen and oxygen atoms in total. The fraction of sp³-hybridized carbons (Fsp3) is 0.923. The number of fused-ring (bicyclic) bond motifs is 4. The molecule has 0 aliphatic heterocycles. The number of hydrogen-bond donors (Lipinski definition) is 2. The highest BCUT2D eigenvalue weighted by Crippen LogP contribution is 2.50. The van der Waals surface area contributed by atoms with Gasteiger partial charge in [-0.3, -0.25) is 9.59 Å². The quantitative estimate of drug-likeness (QED) is 0.686. The van der Waals surface area contributed by atoms with Gasteiger partial charge in [-0.25, -0.2) is 0 Å². The summed E-state index contributed by atoms with van der Waals surface area (Å²) in [7, 11) is 0. The molecule has 0 unspecified atom stereocenters.